The van der Waals surface area contributed by atoms with Gasteiger partial charge in [-0.05, 0) is 137 Å². The fourth-order valence-electron chi connectivity index (χ4n) is 8.23. The molecule has 2 saturated carbocycles. The van der Waals surface area contributed by atoms with Gasteiger partial charge in [-0.25, -0.2) is 29.1 Å². The van der Waals surface area contributed by atoms with E-state index in [-0.39, 0.29) is 23.0 Å². The SMILES string of the molecule is COOC(C)C1(c2ccc(CBr)cc2)CC1.COOC(C)C1(c2ccc(Cn3c(C)c(C)c4cc(C(=O)O)ccc43)cc2)CC1.Cc1[nH]c2ccc(C(=O)O)cc2c1C. The quantitative estimate of drug-likeness (QED) is 0.0594. The molecule has 3 N–H and O–H groups in total. The number of fused-ring (bicyclic) bond motifs is 2. The number of nitrogens with zero attached hydrogens (tertiary/aromatic N) is 1. The predicted octanol–water partition coefficient (Wildman–Crippen LogP) is 11.1. The molecule has 2 unspecified atom stereocenters. The molecule has 2 aromatic heterocycles. The highest BCUT2D eigenvalue weighted by Gasteiger charge is 2.51. The van der Waals surface area contributed by atoms with E-state index in [0.29, 0.717) is 11.1 Å². The number of hydrogen-bond donors (Lipinski definition) is 3. The van der Waals surface area contributed by atoms with E-state index >= 15 is 0 Å². The number of hydrogen-bond acceptors (Lipinski definition) is 6. The molecule has 2 aliphatic rings. The molecule has 0 bridgehead atoms. The standard InChI is InChI=1S/C24H27NO4.C13H17BrO2.C11H11NO2/c1-15-16(2)25(22-10-7-19(23(26)27)13-21(15)22)14-18-5-8-20(9-6-18)24(11-12-24)17(3)29-28-4;1-10(16-15-2)13(7-8-13)12-5-3-11(9-14)4-6-12;1-6-7(2)12-10-4-3-8(11(13)14)5-9(6)10/h5-10,13,17H,11-12,14H2,1-4H3,(H,26,27);3-6,10H,7-9H2,1-2H3;3-5,12H,1-2H3,(H,13,14). The summed E-state index contributed by atoms with van der Waals surface area (Å²) in [6, 6.07) is 28.0. The number of aryl methyl sites for hydroxylation is 3. The molecule has 0 radical (unpaired) electrons. The van der Waals surface area contributed by atoms with Gasteiger partial charge in [0.1, 0.15) is 0 Å². The number of alkyl halides is 1. The fraction of sp³-hybridized carbons (Fsp3) is 0.375. The zero-order valence-corrected chi connectivity index (χ0v) is 36.7. The van der Waals surface area contributed by atoms with Gasteiger partial charge in [-0.3, -0.25) is 0 Å². The van der Waals surface area contributed by atoms with Crippen LogP contribution in [0.1, 0.15) is 105 Å². The second-order valence-corrected chi connectivity index (χ2v) is 16.5. The lowest BCUT2D eigenvalue weighted by atomic mass is 9.90. The minimum Gasteiger partial charge on any atom is -0.478 e. The number of rotatable bonds is 13. The molecule has 2 heterocycles. The Morgan fingerprint density at radius 3 is 1.63 bits per heavy atom. The van der Waals surface area contributed by atoms with Crippen LogP contribution in [0.15, 0.2) is 84.9 Å². The maximum Gasteiger partial charge on any atom is 0.335 e. The van der Waals surface area contributed by atoms with Gasteiger partial charge in [-0.1, -0.05) is 64.5 Å². The van der Waals surface area contributed by atoms with E-state index in [1.807, 2.05) is 19.9 Å². The van der Waals surface area contributed by atoms with E-state index in [0.717, 1.165) is 69.0 Å². The second-order valence-electron chi connectivity index (χ2n) is 15.9. The Morgan fingerprint density at radius 2 is 1.17 bits per heavy atom. The number of carbonyl (C=O) groups is 2. The molecule has 2 atom stereocenters. The second kappa shape index (κ2) is 18.2. The summed E-state index contributed by atoms with van der Waals surface area (Å²) < 4.78 is 2.26. The van der Waals surface area contributed by atoms with Crippen LogP contribution in [0.2, 0.25) is 0 Å². The monoisotopic (exact) mass is 866 g/mol. The summed E-state index contributed by atoms with van der Waals surface area (Å²) in [5.41, 5.74) is 12.6. The highest BCUT2D eigenvalue weighted by atomic mass is 79.9. The number of aromatic nitrogens is 2. The van der Waals surface area contributed by atoms with Gasteiger partial charge >= 0.3 is 11.9 Å². The smallest absolute Gasteiger partial charge is 0.335 e. The molecule has 0 saturated heterocycles. The molecule has 59 heavy (non-hydrogen) atoms. The van der Waals surface area contributed by atoms with Crippen molar-refractivity contribution in [2.75, 3.05) is 14.2 Å². The number of carboxylic acid groups (broad SMARTS) is 2. The Bertz CT molecular complexity index is 2420. The number of halogens is 1. The lowest BCUT2D eigenvalue weighted by Gasteiger charge is -2.22. The molecule has 0 amide bonds. The van der Waals surface area contributed by atoms with E-state index in [9.17, 15) is 14.7 Å². The molecule has 2 fully saturated rings. The number of nitrogens with one attached hydrogen (secondary N) is 1. The zero-order valence-electron chi connectivity index (χ0n) is 35.1. The first-order chi connectivity index (χ1) is 28.2. The molecular weight excluding hydrogens is 812 g/mol. The molecule has 6 aromatic rings. The third-order valence-electron chi connectivity index (χ3n) is 12.6. The van der Waals surface area contributed by atoms with Crippen LogP contribution < -0.4 is 0 Å². The summed E-state index contributed by atoms with van der Waals surface area (Å²) in [4.78, 5) is 45.6. The minimum atomic E-state index is -0.895. The van der Waals surface area contributed by atoms with E-state index < -0.39 is 11.9 Å². The Morgan fingerprint density at radius 1 is 0.695 bits per heavy atom. The first-order valence-electron chi connectivity index (χ1n) is 20.0. The number of carboxylic acids is 2. The van der Waals surface area contributed by atoms with Crippen LogP contribution in [0.5, 0.6) is 0 Å². The molecule has 0 spiro atoms. The van der Waals surface area contributed by atoms with Crippen molar-refractivity contribution in [3.63, 3.8) is 0 Å². The van der Waals surface area contributed by atoms with Gasteiger partial charge < -0.3 is 19.8 Å². The predicted molar refractivity (Wildman–Crippen MR) is 235 cm³/mol. The third kappa shape index (κ3) is 9.20. The van der Waals surface area contributed by atoms with Crippen molar-refractivity contribution in [2.24, 2.45) is 0 Å². The van der Waals surface area contributed by atoms with E-state index in [4.69, 9.17) is 24.7 Å². The van der Waals surface area contributed by atoms with Gasteiger partial charge in [0.15, 0.2) is 0 Å². The van der Waals surface area contributed by atoms with Crippen LogP contribution in [0.25, 0.3) is 21.8 Å². The molecule has 11 heteroatoms. The van der Waals surface area contributed by atoms with Crippen molar-refractivity contribution in [1.29, 1.82) is 0 Å². The van der Waals surface area contributed by atoms with Gasteiger partial charge in [0, 0.05) is 55.9 Å². The molecular formula is C48H55BrN2O8. The maximum absolute atomic E-state index is 11.3. The van der Waals surface area contributed by atoms with Crippen molar-refractivity contribution < 1.29 is 39.4 Å². The first kappa shape index (κ1) is 43.8. The highest BCUT2D eigenvalue weighted by Crippen LogP contribution is 2.53. The Hall–Kier alpha value is -4.78. The molecule has 312 valence electrons. The lowest BCUT2D eigenvalue weighted by molar-refractivity contribution is -0.307. The van der Waals surface area contributed by atoms with Gasteiger partial charge in [0.2, 0.25) is 0 Å². The van der Waals surface area contributed by atoms with Crippen LogP contribution >= 0.6 is 15.9 Å². The van der Waals surface area contributed by atoms with Gasteiger partial charge in [0.25, 0.3) is 0 Å². The Balaban J connectivity index is 0.000000164. The summed E-state index contributed by atoms with van der Waals surface area (Å²) in [6.07, 6.45) is 4.75. The minimum absolute atomic E-state index is 0.0278. The van der Waals surface area contributed by atoms with Gasteiger partial charge in [-0.15, -0.1) is 0 Å². The zero-order chi connectivity index (χ0) is 42.6. The number of benzene rings is 4. The van der Waals surface area contributed by atoms with Crippen LogP contribution in [-0.4, -0.2) is 58.1 Å². The van der Waals surface area contributed by atoms with Crippen LogP contribution in [0, 0.1) is 27.7 Å². The Labute approximate surface area is 354 Å². The topological polar surface area (TPSA) is 132 Å². The van der Waals surface area contributed by atoms with E-state index in [2.05, 4.69) is 102 Å². The highest BCUT2D eigenvalue weighted by molar-refractivity contribution is 9.08. The number of aromatic amines is 1. The molecule has 8 rings (SSSR count). The average molecular weight is 868 g/mol. The van der Waals surface area contributed by atoms with E-state index in [1.165, 1.54) is 35.1 Å². The summed E-state index contributed by atoms with van der Waals surface area (Å²) in [7, 11) is 3.13. The van der Waals surface area contributed by atoms with Crippen molar-refractivity contribution >= 4 is 49.7 Å². The first-order valence-corrected chi connectivity index (χ1v) is 21.1. The van der Waals surface area contributed by atoms with Crippen LogP contribution in [0.4, 0.5) is 0 Å². The van der Waals surface area contributed by atoms with Crippen molar-refractivity contribution in [3.05, 3.63) is 141 Å². The summed E-state index contributed by atoms with van der Waals surface area (Å²) in [6.45, 7) is 13.0. The van der Waals surface area contributed by atoms with Gasteiger partial charge in [-0.2, -0.15) is 0 Å². The fourth-order valence-corrected chi connectivity index (χ4v) is 8.61. The molecule has 2 aliphatic carbocycles. The van der Waals surface area contributed by atoms with Crippen molar-refractivity contribution in [2.45, 2.75) is 102 Å². The van der Waals surface area contributed by atoms with Crippen LogP contribution in [0.3, 0.4) is 0 Å². The largest absolute Gasteiger partial charge is 0.478 e. The Kier molecular flexibility index (Phi) is 13.5. The maximum atomic E-state index is 11.3. The average Bonchev–Trinajstić information content (AvgIpc) is 4.17. The number of H-pyrrole nitrogens is 1. The van der Waals surface area contributed by atoms with Crippen LogP contribution in [-0.2, 0) is 42.3 Å². The summed E-state index contributed by atoms with van der Waals surface area (Å²) >= 11 is 3.46. The normalized spacial score (nSPS) is 15.7. The summed E-state index contributed by atoms with van der Waals surface area (Å²) in [5.74, 6) is -1.78. The molecule has 4 aromatic carbocycles. The lowest BCUT2D eigenvalue weighted by Crippen LogP contribution is -2.25. The van der Waals surface area contributed by atoms with Gasteiger partial charge in [0.05, 0.1) is 37.6 Å². The molecule has 10 nitrogen and oxygen atoms in total. The van der Waals surface area contributed by atoms with Crippen molar-refractivity contribution in [1.82, 2.24) is 9.55 Å². The third-order valence-corrected chi connectivity index (χ3v) is 13.3. The number of aromatic carboxylic acids is 2. The van der Waals surface area contributed by atoms with E-state index in [1.54, 1.807) is 44.6 Å². The molecule has 0 aliphatic heterocycles. The summed E-state index contributed by atoms with van der Waals surface area (Å²) in [5, 5.41) is 21.0. The van der Waals surface area contributed by atoms with Crippen molar-refractivity contribution in [3.8, 4) is 0 Å².